The molecule has 2 unspecified atom stereocenters. The second-order valence-corrected chi connectivity index (χ2v) is 11.2. The zero-order valence-electron chi connectivity index (χ0n) is 20.9. The molecule has 3 saturated carbocycles. The molecule has 4 aliphatic rings. The van der Waals surface area contributed by atoms with Gasteiger partial charge < -0.3 is 14.2 Å². The second-order valence-electron chi connectivity index (χ2n) is 11.2. The van der Waals surface area contributed by atoms with Crippen LogP contribution in [0, 0.1) is 34.5 Å². The van der Waals surface area contributed by atoms with Crippen molar-refractivity contribution < 1.29 is 33.4 Å². The SMILES string of the molecule is CC(=O)OCC(=O)[C@H]1CC=C2[C@@H]3CCC4CC(OC(C)=O)CC[C@]4(COC(C)=O)[C@H]3CC[C@@]21C. The number of carbonyl (C=O) groups is 4. The van der Waals surface area contributed by atoms with Crippen molar-refractivity contribution in [2.24, 2.45) is 34.5 Å². The molecule has 0 aromatic heterocycles. The van der Waals surface area contributed by atoms with E-state index in [1.807, 2.05) is 0 Å². The third-order valence-electron chi connectivity index (χ3n) is 9.40. The fourth-order valence-corrected chi connectivity index (χ4v) is 7.96. The van der Waals surface area contributed by atoms with Crippen molar-refractivity contribution in [3.63, 3.8) is 0 Å². The third kappa shape index (κ3) is 4.42. The molecule has 0 radical (unpaired) electrons. The zero-order chi connectivity index (χ0) is 24.7. The maximum absolute atomic E-state index is 13.0. The fraction of sp³-hybridized carbons (Fsp3) is 0.778. The summed E-state index contributed by atoms with van der Waals surface area (Å²) in [5, 5.41) is 0. The number of esters is 3. The highest BCUT2D eigenvalue weighted by Crippen LogP contribution is 2.66. The molecule has 7 heteroatoms. The van der Waals surface area contributed by atoms with E-state index in [1.165, 1.54) is 26.3 Å². The molecule has 0 saturated heterocycles. The van der Waals surface area contributed by atoms with E-state index < -0.39 is 5.97 Å². The van der Waals surface area contributed by atoms with E-state index in [2.05, 4.69) is 13.0 Å². The minimum atomic E-state index is -0.427. The highest BCUT2D eigenvalue weighted by atomic mass is 16.5. The van der Waals surface area contributed by atoms with Gasteiger partial charge in [0.25, 0.3) is 0 Å². The molecule has 4 aliphatic carbocycles. The Hall–Kier alpha value is -2.18. The highest BCUT2D eigenvalue weighted by Gasteiger charge is 2.60. The van der Waals surface area contributed by atoms with Gasteiger partial charge in [-0.1, -0.05) is 18.6 Å². The van der Waals surface area contributed by atoms with Crippen LogP contribution in [0.4, 0.5) is 0 Å². The van der Waals surface area contributed by atoms with Gasteiger partial charge in [-0.2, -0.15) is 0 Å². The maximum atomic E-state index is 13.0. The maximum Gasteiger partial charge on any atom is 0.303 e. The molecule has 7 nitrogen and oxygen atoms in total. The third-order valence-corrected chi connectivity index (χ3v) is 9.40. The number of allylic oxidation sites excluding steroid dienone is 2. The molecule has 188 valence electrons. The standard InChI is InChI=1S/C27H38O7/c1-16(28)32-14-25(31)24-8-7-22-21-6-5-19-13-20(34-18(3)30)9-12-27(19,15-33-17(2)29)23(21)10-11-26(22,24)4/h7,19-21,23-24H,5-6,8-15H2,1-4H3/t19?,20?,21-,23-,24+,26-,27+/m0/s1. The predicted molar refractivity (Wildman–Crippen MR) is 123 cm³/mol. The van der Waals surface area contributed by atoms with E-state index in [0.717, 1.165) is 44.9 Å². The van der Waals surface area contributed by atoms with Crippen molar-refractivity contribution in [2.45, 2.75) is 85.2 Å². The van der Waals surface area contributed by atoms with E-state index in [4.69, 9.17) is 14.2 Å². The average Bonchev–Trinajstić information content (AvgIpc) is 3.13. The lowest BCUT2D eigenvalue weighted by Crippen LogP contribution is -2.56. The van der Waals surface area contributed by atoms with Gasteiger partial charge in [0, 0.05) is 32.1 Å². The molecule has 34 heavy (non-hydrogen) atoms. The lowest BCUT2D eigenvalue weighted by atomic mass is 9.45. The zero-order valence-corrected chi connectivity index (χ0v) is 20.9. The quantitative estimate of drug-likeness (QED) is 0.324. The number of rotatable bonds is 6. The summed E-state index contributed by atoms with van der Waals surface area (Å²) in [4.78, 5) is 47.6. The van der Waals surface area contributed by atoms with Crippen LogP contribution < -0.4 is 0 Å². The number of hydrogen-bond donors (Lipinski definition) is 0. The van der Waals surface area contributed by atoms with Gasteiger partial charge in [-0.15, -0.1) is 0 Å². The summed E-state index contributed by atoms with van der Waals surface area (Å²) >= 11 is 0. The number of fused-ring (bicyclic) bond motifs is 5. The normalized spacial score (nSPS) is 38.5. The van der Waals surface area contributed by atoms with Crippen molar-refractivity contribution >= 4 is 23.7 Å². The largest absolute Gasteiger partial charge is 0.465 e. The Labute approximate surface area is 202 Å². The van der Waals surface area contributed by atoms with Crippen LogP contribution in [0.2, 0.25) is 0 Å². The van der Waals surface area contributed by atoms with E-state index in [0.29, 0.717) is 30.8 Å². The van der Waals surface area contributed by atoms with Gasteiger partial charge in [0.15, 0.2) is 5.78 Å². The van der Waals surface area contributed by atoms with Gasteiger partial charge in [-0.05, 0) is 74.5 Å². The van der Waals surface area contributed by atoms with Gasteiger partial charge in [-0.3, -0.25) is 19.2 Å². The first-order valence-corrected chi connectivity index (χ1v) is 12.7. The molecule has 3 fully saturated rings. The highest BCUT2D eigenvalue weighted by molar-refractivity contribution is 5.86. The number of ether oxygens (including phenoxy) is 3. The summed E-state index contributed by atoms with van der Waals surface area (Å²) < 4.78 is 16.3. The van der Waals surface area contributed by atoms with Gasteiger partial charge in [-0.25, -0.2) is 0 Å². The molecule has 0 aromatic rings. The summed E-state index contributed by atoms with van der Waals surface area (Å²) in [5.41, 5.74) is 1.06. The molecular weight excluding hydrogens is 436 g/mol. The van der Waals surface area contributed by atoms with Crippen molar-refractivity contribution in [3.8, 4) is 0 Å². The summed E-state index contributed by atoms with van der Waals surface area (Å²) in [6.07, 6.45) is 9.32. The molecule has 0 aliphatic heterocycles. The molecule has 0 heterocycles. The van der Waals surface area contributed by atoms with E-state index in [9.17, 15) is 19.2 Å². The van der Waals surface area contributed by atoms with Crippen LogP contribution in [-0.4, -0.2) is 43.0 Å². The Kier molecular flexibility index (Phi) is 6.94. The van der Waals surface area contributed by atoms with Crippen molar-refractivity contribution in [2.75, 3.05) is 13.2 Å². The van der Waals surface area contributed by atoms with Gasteiger partial charge >= 0.3 is 17.9 Å². The Morgan fingerprint density at radius 3 is 2.35 bits per heavy atom. The number of hydrogen-bond acceptors (Lipinski definition) is 7. The first-order chi connectivity index (χ1) is 16.1. The average molecular weight is 475 g/mol. The van der Waals surface area contributed by atoms with Crippen LogP contribution in [0.3, 0.4) is 0 Å². The van der Waals surface area contributed by atoms with Crippen LogP contribution in [0.1, 0.15) is 79.1 Å². The predicted octanol–water partition coefficient (Wildman–Crippen LogP) is 4.17. The molecule has 0 bridgehead atoms. The summed E-state index contributed by atoms with van der Waals surface area (Å²) in [7, 11) is 0. The summed E-state index contributed by atoms with van der Waals surface area (Å²) in [5.74, 6) is 0.0296. The molecule has 4 rings (SSSR count). The molecule has 0 aromatic carbocycles. The van der Waals surface area contributed by atoms with Gasteiger partial charge in [0.05, 0.1) is 6.61 Å². The van der Waals surface area contributed by atoms with Gasteiger partial charge in [0.1, 0.15) is 12.7 Å². The summed E-state index contributed by atoms with van der Waals surface area (Å²) in [6, 6.07) is 0. The lowest BCUT2D eigenvalue weighted by molar-refractivity contribution is -0.170. The molecule has 7 atom stereocenters. The fourth-order valence-electron chi connectivity index (χ4n) is 7.96. The topological polar surface area (TPSA) is 96.0 Å². The summed E-state index contributed by atoms with van der Waals surface area (Å²) in [6.45, 7) is 6.73. The van der Waals surface area contributed by atoms with Crippen molar-refractivity contribution in [1.82, 2.24) is 0 Å². The van der Waals surface area contributed by atoms with Gasteiger partial charge in [0.2, 0.25) is 0 Å². The number of carbonyl (C=O) groups excluding carboxylic acids is 4. The monoisotopic (exact) mass is 474 g/mol. The van der Waals surface area contributed by atoms with Crippen molar-refractivity contribution in [1.29, 1.82) is 0 Å². The Morgan fingerprint density at radius 2 is 1.68 bits per heavy atom. The van der Waals surface area contributed by atoms with Crippen LogP contribution in [0.25, 0.3) is 0 Å². The van der Waals surface area contributed by atoms with Crippen molar-refractivity contribution in [3.05, 3.63) is 11.6 Å². The molecule has 0 N–H and O–H groups in total. The second kappa shape index (κ2) is 9.46. The van der Waals surface area contributed by atoms with Crippen LogP contribution in [-0.2, 0) is 33.4 Å². The molecule has 0 amide bonds. The number of Topliss-reactive ketones (excluding diaryl/α,β-unsaturated/α-hetero) is 1. The Balaban J connectivity index is 1.57. The smallest absolute Gasteiger partial charge is 0.303 e. The van der Waals surface area contributed by atoms with E-state index in [-0.39, 0.29) is 47.2 Å². The lowest BCUT2D eigenvalue weighted by Gasteiger charge is -2.60. The number of ketones is 1. The first kappa shape index (κ1) is 24.9. The Morgan fingerprint density at radius 1 is 0.941 bits per heavy atom. The molecular formula is C27H38O7. The minimum Gasteiger partial charge on any atom is -0.465 e. The first-order valence-electron chi connectivity index (χ1n) is 12.7. The van der Waals surface area contributed by atoms with E-state index >= 15 is 0 Å². The molecule has 0 spiro atoms. The van der Waals surface area contributed by atoms with Crippen LogP contribution in [0.15, 0.2) is 11.6 Å². The van der Waals surface area contributed by atoms with E-state index in [1.54, 1.807) is 0 Å². The minimum absolute atomic E-state index is 0.00704. The van der Waals surface area contributed by atoms with Crippen LogP contribution in [0.5, 0.6) is 0 Å². The Bertz CT molecular complexity index is 891. The van der Waals surface area contributed by atoms with Crippen LogP contribution >= 0.6 is 0 Å².